The van der Waals surface area contributed by atoms with Gasteiger partial charge in [-0.2, -0.15) is 0 Å². The van der Waals surface area contributed by atoms with E-state index in [1.807, 2.05) is 36.4 Å². The average Bonchev–Trinajstić information content (AvgIpc) is 3.10. The predicted octanol–water partition coefficient (Wildman–Crippen LogP) is 10.5. The van der Waals surface area contributed by atoms with E-state index in [0.717, 1.165) is 55.4 Å². The highest BCUT2D eigenvalue weighted by Crippen LogP contribution is 2.42. The van der Waals surface area contributed by atoms with Gasteiger partial charge in [0.15, 0.2) is 0 Å². The Morgan fingerprint density at radius 3 is 1.28 bits per heavy atom. The minimum absolute atomic E-state index is 0.942. The maximum Gasteiger partial charge on any atom is 0.116 e. The van der Waals surface area contributed by atoms with Gasteiger partial charge in [0, 0.05) is 21.9 Å². The van der Waals surface area contributed by atoms with E-state index in [-0.39, 0.29) is 0 Å². The van der Waals surface area contributed by atoms with E-state index < -0.39 is 0 Å². The minimum Gasteiger partial charge on any atom is -0.236 e. The number of rotatable bonds is 5. The van der Waals surface area contributed by atoms with Crippen molar-refractivity contribution in [2.45, 2.75) is 13.8 Å². The molecule has 0 N–H and O–H groups in total. The number of hydrogen-bond donors (Lipinski definition) is 0. The Balaban J connectivity index is 1.25. The zero-order valence-electron chi connectivity index (χ0n) is 25.6. The number of fused-ring (bicyclic) bond motifs is 2. The molecule has 0 saturated heterocycles. The van der Waals surface area contributed by atoms with Crippen LogP contribution in [0.1, 0.15) is 11.1 Å². The first kappa shape index (κ1) is 27.5. The van der Waals surface area contributed by atoms with Crippen molar-refractivity contribution < 1.29 is 0 Å². The van der Waals surface area contributed by atoms with Gasteiger partial charge in [-0.05, 0) is 59.4 Å². The molecule has 0 bridgehead atoms. The molecular formula is C42H30N4. The van der Waals surface area contributed by atoms with Crippen molar-refractivity contribution in [2.24, 2.45) is 0 Å². The first-order valence-electron chi connectivity index (χ1n) is 15.5. The smallest absolute Gasteiger partial charge is 0.116 e. The number of aryl methyl sites for hydroxylation is 2. The molecule has 0 aliphatic carbocycles. The Morgan fingerprint density at radius 1 is 0.370 bits per heavy atom. The highest BCUT2D eigenvalue weighted by atomic mass is 14.8. The lowest BCUT2D eigenvalue weighted by Gasteiger charge is -2.18. The van der Waals surface area contributed by atoms with Gasteiger partial charge in [-0.25, -0.2) is 19.9 Å². The molecule has 218 valence electrons. The molecule has 0 aliphatic heterocycles. The number of aromatic nitrogens is 4. The van der Waals surface area contributed by atoms with Crippen molar-refractivity contribution in [1.29, 1.82) is 0 Å². The highest BCUT2D eigenvalue weighted by molar-refractivity contribution is 5.97. The van der Waals surface area contributed by atoms with E-state index in [1.165, 1.54) is 33.4 Å². The predicted molar refractivity (Wildman–Crippen MR) is 189 cm³/mol. The van der Waals surface area contributed by atoms with Gasteiger partial charge in [0.05, 0.1) is 22.4 Å². The van der Waals surface area contributed by atoms with Crippen molar-refractivity contribution in [1.82, 2.24) is 19.9 Å². The summed E-state index contributed by atoms with van der Waals surface area (Å²) in [5, 5.41) is 2.10. The Kier molecular flexibility index (Phi) is 6.88. The number of hydrogen-bond acceptors (Lipinski definition) is 4. The van der Waals surface area contributed by atoms with Crippen molar-refractivity contribution in [3.63, 3.8) is 0 Å². The maximum atomic E-state index is 4.64. The minimum atomic E-state index is 0.942. The van der Waals surface area contributed by atoms with Gasteiger partial charge in [-0.15, -0.1) is 0 Å². The normalized spacial score (nSPS) is 11.3. The van der Waals surface area contributed by atoms with Crippen molar-refractivity contribution in [2.75, 3.05) is 0 Å². The van der Waals surface area contributed by atoms with Gasteiger partial charge in [-0.1, -0.05) is 132 Å². The monoisotopic (exact) mass is 590 g/mol. The van der Waals surface area contributed by atoms with E-state index in [9.17, 15) is 0 Å². The molecule has 0 radical (unpaired) electrons. The molecule has 0 amide bonds. The van der Waals surface area contributed by atoms with Crippen molar-refractivity contribution in [3.05, 3.63) is 157 Å². The lowest BCUT2D eigenvalue weighted by molar-refractivity contribution is 1.22. The van der Waals surface area contributed by atoms with Gasteiger partial charge >= 0.3 is 0 Å². The molecular weight excluding hydrogens is 560 g/mol. The third-order valence-electron chi connectivity index (χ3n) is 8.60. The SMILES string of the molecule is Cc1cc(C)cc(-c2c(-c3ccc(-c4ncnc5ccccc45)cc3)cccc2-c2ccc(-c3ncnc4ccccc34)cc2)c1. The zero-order chi connectivity index (χ0) is 31.0. The molecule has 2 aromatic heterocycles. The molecule has 4 heteroatoms. The van der Waals surface area contributed by atoms with Gasteiger partial charge in [0.25, 0.3) is 0 Å². The fourth-order valence-electron chi connectivity index (χ4n) is 6.55. The van der Waals surface area contributed by atoms with Crippen LogP contribution in [0.3, 0.4) is 0 Å². The fraction of sp³-hybridized carbons (Fsp3) is 0.0476. The lowest BCUT2D eigenvalue weighted by Crippen LogP contribution is -1.93. The molecule has 2 heterocycles. The van der Waals surface area contributed by atoms with Crippen LogP contribution in [0.4, 0.5) is 0 Å². The number of para-hydroxylation sites is 2. The third kappa shape index (κ3) is 5.00. The van der Waals surface area contributed by atoms with Gasteiger partial charge < -0.3 is 0 Å². The van der Waals surface area contributed by atoms with Crippen LogP contribution in [0.15, 0.2) is 146 Å². The van der Waals surface area contributed by atoms with E-state index >= 15 is 0 Å². The molecule has 8 aromatic rings. The van der Waals surface area contributed by atoms with Crippen LogP contribution < -0.4 is 0 Å². The van der Waals surface area contributed by atoms with E-state index in [1.54, 1.807) is 12.7 Å². The summed E-state index contributed by atoms with van der Waals surface area (Å²) in [7, 11) is 0. The van der Waals surface area contributed by atoms with Gasteiger partial charge in [-0.3, -0.25) is 0 Å². The first-order chi connectivity index (χ1) is 22.6. The summed E-state index contributed by atoms with van der Waals surface area (Å²) in [5.74, 6) is 0. The van der Waals surface area contributed by atoms with Crippen molar-refractivity contribution in [3.8, 4) is 55.9 Å². The Labute approximate surface area is 268 Å². The molecule has 0 spiro atoms. The quantitative estimate of drug-likeness (QED) is 0.200. The van der Waals surface area contributed by atoms with Crippen LogP contribution in [0.5, 0.6) is 0 Å². The third-order valence-corrected chi connectivity index (χ3v) is 8.60. The molecule has 0 saturated carbocycles. The topological polar surface area (TPSA) is 51.6 Å². The molecule has 4 nitrogen and oxygen atoms in total. The molecule has 8 rings (SSSR count). The second-order valence-electron chi connectivity index (χ2n) is 11.7. The zero-order valence-corrected chi connectivity index (χ0v) is 25.6. The molecule has 46 heavy (non-hydrogen) atoms. The molecule has 6 aromatic carbocycles. The molecule has 0 unspecified atom stereocenters. The largest absolute Gasteiger partial charge is 0.236 e. The van der Waals surface area contributed by atoms with Gasteiger partial charge in [0.2, 0.25) is 0 Å². The summed E-state index contributed by atoms with van der Waals surface area (Å²) in [6.45, 7) is 4.33. The van der Waals surface area contributed by atoms with Crippen LogP contribution in [0.2, 0.25) is 0 Å². The van der Waals surface area contributed by atoms with Crippen molar-refractivity contribution >= 4 is 21.8 Å². The average molecular weight is 591 g/mol. The lowest BCUT2D eigenvalue weighted by atomic mass is 9.86. The Bertz CT molecular complexity index is 2200. The summed E-state index contributed by atoms with van der Waals surface area (Å²) < 4.78 is 0. The summed E-state index contributed by atoms with van der Waals surface area (Å²) in [6, 6.07) is 47.2. The van der Waals surface area contributed by atoms with E-state index in [4.69, 9.17) is 0 Å². The standard InChI is InChI=1S/C42H30N4/c1-27-22-28(2)24-33(23-27)40-34(29-14-18-31(19-15-29)41-36-8-3-5-12-38(36)43-25-45-41)10-7-11-35(40)30-16-20-32(21-17-30)42-37-9-4-6-13-39(37)44-26-46-42/h3-26H,1-2H3. The summed E-state index contributed by atoms with van der Waals surface area (Å²) in [4.78, 5) is 18.2. The molecule has 0 atom stereocenters. The Morgan fingerprint density at radius 2 is 0.804 bits per heavy atom. The summed E-state index contributed by atoms with van der Waals surface area (Å²) >= 11 is 0. The van der Waals surface area contributed by atoms with E-state index in [2.05, 4.69) is 131 Å². The fourth-order valence-corrected chi connectivity index (χ4v) is 6.55. The molecule has 0 aliphatic rings. The molecule has 0 fully saturated rings. The number of benzene rings is 6. The summed E-state index contributed by atoms with van der Waals surface area (Å²) in [5.41, 5.74) is 15.5. The summed E-state index contributed by atoms with van der Waals surface area (Å²) in [6.07, 6.45) is 3.29. The van der Waals surface area contributed by atoms with Gasteiger partial charge in [0.1, 0.15) is 12.7 Å². The van der Waals surface area contributed by atoms with Crippen LogP contribution >= 0.6 is 0 Å². The first-order valence-corrected chi connectivity index (χ1v) is 15.5. The van der Waals surface area contributed by atoms with Crippen LogP contribution in [-0.2, 0) is 0 Å². The van der Waals surface area contributed by atoms with E-state index in [0.29, 0.717) is 0 Å². The van der Waals surface area contributed by atoms with Crippen LogP contribution in [0, 0.1) is 13.8 Å². The second-order valence-corrected chi connectivity index (χ2v) is 11.7. The highest BCUT2D eigenvalue weighted by Gasteiger charge is 2.16. The Hall–Kier alpha value is -6.00. The second kappa shape index (κ2) is 11.5. The maximum absolute atomic E-state index is 4.64. The number of nitrogens with zero attached hydrogens (tertiary/aromatic N) is 4. The van der Waals surface area contributed by atoms with Crippen LogP contribution in [0.25, 0.3) is 77.7 Å². The van der Waals surface area contributed by atoms with Crippen LogP contribution in [-0.4, -0.2) is 19.9 Å².